The van der Waals surface area contributed by atoms with E-state index >= 15 is 0 Å². The van der Waals surface area contributed by atoms with Crippen molar-refractivity contribution in [2.45, 2.75) is 20.0 Å². The van der Waals surface area contributed by atoms with E-state index in [1.54, 1.807) is 6.07 Å². The van der Waals surface area contributed by atoms with Crippen LogP contribution in [-0.2, 0) is 0 Å². The van der Waals surface area contributed by atoms with Crippen LogP contribution in [-0.4, -0.2) is 21.3 Å². The third-order valence-corrected chi connectivity index (χ3v) is 3.52. The molecule has 3 rings (SSSR count). The van der Waals surface area contributed by atoms with E-state index in [-0.39, 0.29) is 11.1 Å². The van der Waals surface area contributed by atoms with Gasteiger partial charge in [0, 0.05) is 11.4 Å². The fourth-order valence-electron chi connectivity index (χ4n) is 2.16. The Kier molecular flexibility index (Phi) is 5.48. The summed E-state index contributed by atoms with van der Waals surface area (Å²) in [6, 6.07) is 11.8. The van der Waals surface area contributed by atoms with Crippen LogP contribution in [0.5, 0.6) is 5.75 Å². The Morgan fingerprint density at radius 2 is 1.77 bits per heavy atom. The molecule has 0 spiro atoms. The van der Waals surface area contributed by atoms with Gasteiger partial charge in [-0.1, -0.05) is 11.6 Å². The Balaban J connectivity index is 1.69. The van der Waals surface area contributed by atoms with E-state index in [4.69, 9.17) is 16.3 Å². The van der Waals surface area contributed by atoms with E-state index in [0.717, 1.165) is 11.4 Å². The summed E-state index contributed by atoms with van der Waals surface area (Å²) in [6.45, 7) is 3.94. The van der Waals surface area contributed by atoms with Gasteiger partial charge in [-0.25, -0.2) is 4.39 Å². The zero-order chi connectivity index (χ0) is 18.5. The van der Waals surface area contributed by atoms with Crippen LogP contribution in [0.25, 0.3) is 0 Å². The Morgan fingerprint density at radius 3 is 2.46 bits per heavy atom. The van der Waals surface area contributed by atoms with Gasteiger partial charge in [0.15, 0.2) is 5.82 Å². The molecular formula is C18H17ClFN5O. The number of anilines is 4. The van der Waals surface area contributed by atoms with Gasteiger partial charge in [-0.2, -0.15) is 10.1 Å². The van der Waals surface area contributed by atoms with Gasteiger partial charge in [0.25, 0.3) is 0 Å². The molecule has 0 saturated carbocycles. The van der Waals surface area contributed by atoms with Gasteiger partial charge < -0.3 is 15.4 Å². The molecule has 0 saturated heterocycles. The van der Waals surface area contributed by atoms with Crippen molar-refractivity contribution in [3.8, 4) is 5.75 Å². The first-order valence-corrected chi connectivity index (χ1v) is 8.33. The number of halogens is 2. The molecule has 26 heavy (non-hydrogen) atoms. The first-order chi connectivity index (χ1) is 12.5. The van der Waals surface area contributed by atoms with E-state index in [2.05, 4.69) is 25.8 Å². The molecule has 3 aromatic rings. The molecule has 8 heteroatoms. The van der Waals surface area contributed by atoms with Gasteiger partial charge >= 0.3 is 0 Å². The van der Waals surface area contributed by atoms with Crippen molar-refractivity contribution in [3.05, 3.63) is 59.5 Å². The third-order valence-electron chi connectivity index (χ3n) is 3.23. The molecule has 0 fully saturated rings. The van der Waals surface area contributed by atoms with Crippen LogP contribution in [0.3, 0.4) is 0 Å². The van der Waals surface area contributed by atoms with Crippen molar-refractivity contribution in [2.75, 3.05) is 10.6 Å². The fraction of sp³-hybridized carbons (Fsp3) is 0.167. The van der Waals surface area contributed by atoms with Crippen LogP contribution >= 0.6 is 11.6 Å². The van der Waals surface area contributed by atoms with Crippen molar-refractivity contribution in [1.82, 2.24) is 15.2 Å². The summed E-state index contributed by atoms with van der Waals surface area (Å²) < 4.78 is 18.8. The average molecular weight is 374 g/mol. The minimum absolute atomic E-state index is 0.0269. The largest absolute Gasteiger partial charge is 0.491 e. The van der Waals surface area contributed by atoms with Gasteiger partial charge in [0.1, 0.15) is 11.6 Å². The highest BCUT2D eigenvalue weighted by Gasteiger charge is 2.05. The first kappa shape index (κ1) is 17.9. The number of benzene rings is 2. The second kappa shape index (κ2) is 7.97. The molecule has 1 aromatic heterocycles. The van der Waals surface area contributed by atoms with Gasteiger partial charge in [0.2, 0.25) is 5.95 Å². The summed E-state index contributed by atoms with van der Waals surface area (Å²) in [6.07, 6.45) is 1.58. The summed E-state index contributed by atoms with van der Waals surface area (Å²) in [5.74, 6) is 1.07. The van der Waals surface area contributed by atoms with Crippen LogP contribution < -0.4 is 15.4 Å². The maximum absolute atomic E-state index is 13.2. The van der Waals surface area contributed by atoms with Crippen molar-refractivity contribution in [1.29, 1.82) is 0 Å². The highest BCUT2D eigenvalue weighted by Crippen LogP contribution is 2.23. The SMILES string of the molecule is CC(C)Oc1ccc(Nc2nncc(Nc3ccc(F)c(Cl)c3)n2)cc1. The normalized spacial score (nSPS) is 10.7. The van der Waals surface area contributed by atoms with E-state index in [1.165, 1.54) is 18.3 Å². The summed E-state index contributed by atoms with van der Waals surface area (Å²) >= 11 is 5.78. The molecule has 2 N–H and O–H groups in total. The summed E-state index contributed by atoms with van der Waals surface area (Å²) in [5.41, 5.74) is 1.39. The number of hydrogen-bond donors (Lipinski definition) is 2. The molecule has 2 aromatic carbocycles. The van der Waals surface area contributed by atoms with Crippen LogP contribution in [0.1, 0.15) is 13.8 Å². The Hall–Kier alpha value is -2.93. The minimum atomic E-state index is -0.481. The molecule has 1 heterocycles. The highest BCUT2D eigenvalue weighted by atomic mass is 35.5. The standard InChI is InChI=1S/C18H17ClFN5O/c1-11(2)26-14-6-3-12(4-7-14)23-18-24-17(10-21-25-18)22-13-5-8-16(20)15(19)9-13/h3-11H,1-2H3,(H2,22,23,24,25). The lowest BCUT2D eigenvalue weighted by Gasteiger charge is -2.11. The molecule has 0 bridgehead atoms. The van der Waals surface area contributed by atoms with E-state index in [9.17, 15) is 4.39 Å². The fourth-order valence-corrected chi connectivity index (χ4v) is 2.34. The highest BCUT2D eigenvalue weighted by molar-refractivity contribution is 6.31. The van der Waals surface area contributed by atoms with E-state index in [0.29, 0.717) is 17.5 Å². The summed E-state index contributed by atoms with van der Waals surface area (Å²) in [5, 5.41) is 13.9. The zero-order valence-corrected chi connectivity index (χ0v) is 15.0. The van der Waals surface area contributed by atoms with E-state index in [1.807, 2.05) is 38.1 Å². The van der Waals surface area contributed by atoms with Gasteiger partial charge in [-0.05, 0) is 56.3 Å². The van der Waals surface area contributed by atoms with Gasteiger partial charge in [-0.15, -0.1) is 5.10 Å². The molecule has 6 nitrogen and oxygen atoms in total. The lowest BCUT2D eigenvalue weighted by molar-refractivity contribution is 0.242. The predicted octanol–water partition coefficient (Wildman–Crippen LogP) is 4.94. The van der Waals surface area contributed by atoms with Gasteiger partial charge in [0.05, 0.1) is 17.3 Å². The molecule has 0 aliphatic heterocycles. The molecule has 0 radical (unpaired) electrons. The Morgan fingerprint density at radius 1 is 1.04 bits per heavy atom. The molecule has 134 valence electrons. The molecule has 0 aliphatic rings. The third kappa shape index (κ3) is 4.80. The average Bonchev–Trinajstić information content (AvgIpc) is 2.60. The van der Waals surface area contributed by atoms with E-state index < -0.39 is 5.82 Å². The smallest absolute Gasteiger partial charge is 0.249 e. The lowest BCUT2D eigenvalue weighted by Crippen LogP contribution is -2.05. The summed E-state index contributed by atoms with van der Waals surface area (Å²) in [7, 11) is 0. The quantitative estimate of drug-likeness (QED) is 0.637. The Bertz CT molecular complexity index is 889. The number of rotatable bonds is 6. The van der Waals surface area contributed by atoms with Gasteiger partial charge in [-0.3, -0.25) is 0 Å². The number of aromatic nitrogens is 3. The summed E-state index contributed by atoms with van der Waals surface area (Å²) in [4.78, 5) is 4.32. The molecule has 0 atom stereocenters. The van der Waals surface area contributed by atoms with Crippen molar-refractivity contribution in [3.63, 3.8) is 0 Å². The number of ether oxygens (including phenoxy) is 1. The monoisotopic (exact) mass is 373 g/mol. The van der Waals surface area contributed by atoms with Crippen molar-refractivity contribution in [2.24, 2.45) is 0 Å². The maximum Gasteiger partial charge on any atom is 0.249 e. The minimum Gasteiger partial charge on any atom is -0.491 e. The second-order valence-corrected chi connectivity index (χ2v) is 6.14. The number of hydrogen-bond acceptors (Lipinski definition) is 6. The molecule has 0 amide bonds. The second-order valence-electron chi connectivity index (χ2n) is 5.74. The molecular weight excluding hydrogens is 357 g/mol. The Labute approximate surface area is 155 Å². The number of nitrogens with one attached hydrogen (secondary N) is 2. The predicted molar refractivity (Wildman–Crippen MR) is 100 cm³/mol. The number of nitrogens with zero attached hydrogens (tertiary/aromatic N) is 3. The molecule has 0 unspecified atom stereocenters. The van der Waals surface area contributed by atoms with Crippen LogP contribution in [0.2, 0.25) is 5.02 Å². The topological polar surface area (TPSA) is 72.0 Å². The van der Waals surface area contributed by atoms with Crippen molar-refractivity contribution >= 4 is 34.7 Å². The zero-order valence-electron chi connectivity index (χ0n) is 14.2. The lowest BCUT2D eigenvalue weighted by atomic mass is 10.3. The van der Waals surface area contributed by atoms with Crippen LogP contribution in [0.4, 0.5) is 27.5 Å². The maximum atomic E-state index is 13.2. The first-order valence-electron chi connectivity index (χ1n) is 7.95. The van der Waals surface area contributed by atoms with Crippen molar-refractivity contribution < 1.29 is 9.13 Å². The molecule has 0 aliphatic carbocycles. The van der Waals surface area contributed by atoms with Crippen LogP contribution in [0, 0.1) is 5.82 Å². The van der Waals surface area contributed by atoms with Crippen LogP contribution in [0.15, 0.2) is 48.7 Å².